The minimum absolute atomic E-state index is 0.167. The van der Waals surface area contributed by atoms with Crippen LogP contribution in [0.1, 0.15) is 31.2 Å². The van der Waals surface area contributed by atoms with Crippen LogP contribution in [-0.2, 0) is 9.53 Å². The molecule has 0 spiro atoms. The van der Waals surface area contributed by atoms with Gasteiger partial charge in [-0.2, -0.15) is 0 Å². The summed E-state index contributed by atoms with van der Waals surface area (Å²) in [7, 11) is 4.41. The number of benzene rings is 1. The van der Waals surface area contributed by atoms with Gasteiger partial charge in [0, 0.05) is 12.0 Å². The van der Waals surface area contributed by atoms with Gasteiger partial charge in [-0.25, -0.2) is 0 Å². The number of methoxy groups -OCH3 is 3. The first-order valence-electron chi connectivity index (χ1n) is 6.72. The van der Waals surface area contributed by atoms with E-state index in [0.717, 1.165) is 5.56 Å². The van der Waals surface area contributed by atoms with Crippen LogP contribution in [0.25, 0.3) is 0 Å². The maximum absolute atomic E-state index is 11.6. The van der Waals surface area contributed by atoms with Crippen LogP contribution >= 0.6 is 11.6 Å². The first-order chi connectivity index (χ1) is 9.99. The van der Waals surface area contributed by atoms with E-state index in [4.69, 9.17) is 31.5 Å². The van der Waals surface area contributed by atoms with Crippen molar-refractivity contribution in [3.8, 4) is 11.5 Å². The van der Waals surface area contributed by atoms with Gasteiger partial charge in [0.05, 0.1) is 32.8 Å². The summed E-state index contributed by atoms with van der Waals surface area (Å²) in [5.74, 6) is 0.410. The van der Waals surface area contributed by atoms with Crippen molar-refractivity contribution in [1.29, 1.82) is 0 Å². The molecule has 0 fully saturated rings. The fourth-order valence-electron chi connectivity index (χ4n) is 2.23. The second-order valence-electron chi connectivity index (χ2n) is 4.66. The smallest absolute Gasteiger partial charge is 0.306 e. The lowest BCUT2D eigenvalue weighted by Gasteiger charge is -2.24. The van der Waals surface area contributed by atoms with Gasteiger partial charge >= 0.3 is 5.97 Å². The predicted molar refractivity (Wildman–Crippen MR) is 82.2 cm³/mol. The number of esters is 1. The van der Waals surface area contributed by atoms with Gasteiger partial charge in [0.25, 0.3) is 0 Å². The quantitative estimate of drug-likeness (QED) is 0.783. The molecule has 2 unspecified atom stereocenters. The van der Waals surface area contributed by atoms with Crippen molar-refractivity contribution in [2.24, 2.45) is 5.73 Å². The Morgan fingerprint density at radius 3 is 2.43 bits per heavy atom. The largest absolute Gasteiger partial charge is 0.493 e. The maximum atomic E-state index is 11.6. The van der Waals surface area contributed by atoms with Crippen molar-refractivity contribution in [3.05, 3.63) is 22.7 Å². The molecule has 2 N–H and O–H groups in total. The van der Waals surface area contributed by atoms with E-state index >= 15 is 0 Å². The second-order valence-corrected chi connectivity index (χ2v) is 5.04. The molecule has 1 rings (SSSR count). The normalized spacial score (nSPS) is 13.4. The lowest BCUT2D eigenvalue weighted by atomic mass is 9.87. The molecule has 0 aliphatic rings. The van der Waals surface area contributed by atoms with Crippen LogP contribution in [0.2, 0.25) is 5.02 Å². The van der Waals surface area contributed by atoms with Crippen LogP contribution in [0.15, 0.2) is 12.1 Å². The molecule has 1 aromatic rings. The lowest BCUT2D eigenvalue weighted by Crippen LogP contribution is -2.30. The van der Waals surface area contributed by atoms with Gasteiger partial charge in [-0.3, -0.25) is 4.79 Å². The molecule has 21 heavy (non-hydrogen) atoms. The summed E-state index contributed by atoms with van der Waals surface area (Å²) in [5.41, 5.74) is 6.90. The molecule has 0 amide bonds. The van der Waals surface area contributed by atoms with E-state index in [-0.39, 0.29) is 24.3 Å². The molecule has 0 radical (unpaired) electrons. The van der Waals surface area contributed by atoms with E-state index in [1.54, 1.807) is 6.07 Å². The number of carbonyl (C=O) groups excluding carboxylic acids is 1. The van der Waals surface area contributed by atoms with Crippen molar-refractivity contribution in [2.75, 3.05) is 21.3 Å². The van der Waals surface area contributed by atoms with E-state index in [2.05, 4.69) is 0 Å². The molecule has 0 saturated carbocycles. The Bertz CT molecular complexity index is 493. The fraction of sp³-hybridized carbons (Fsp3) is 0.533. The fourth-order valence-corrected chi connectivity index (χ4v) is 2.60. The van der Waals surface area contributed by atoms with E-state index in [1.807, 2.05) is 13.0 Å². The summed E-state index contributed by atoms with van der Waals surface area (Å²) in [6, 6.07) is 3.36. The topological polar surface area (TPSA) is 70.8 Å². The summed E-state index contributed by atoms with van der Waals surface area (Å²) in [6.45, 7) is 1.96. The third-order valence-electron chi connectivity index (χ3n) is 3.52. The van der Waals surface area contributed by atoms with Crippen LogP contribution in [0.3, 0.4) is 0 Å². The Morgan fingerprint density at radius 1 is 1.29 bits per heavy atom. The van der Waals surface area contributed by atoms with Crippen LogP contribution in [0, 0.1) is 0 Å². The van der Waals surface area contributed by atoms with Crippen LogP contribution in [0.4, 0.5) is 0 Å². The minimum Gasteiger partial charge on any atom is -0.493 e. The molecule has 5 nitrogen and oxygen atoms in total. The molecule has 0 bridgehead atoms. The number of nitrogens with two attached hydrogens (primary N) is 1. The summed E-state index contributed by atoms with van der Waals surface area (Å²) in [4.78, 5) is 11.6. The molecular weight excluding hydrogens is 294 g/mol. The highest BCUT2D eigenvalue weighted by Crippen LogP contribution is 2.41. The summed E-state index contributed by atoms with van der Waals surface area (Å²) >= 11 is 6.40. The first-order valence-corrected chi connectivity index (χ1v) is 7.10. The number of rotatable bonds is 7. The molecular formula is C15H22ClNO4. The van der Waals surface area contributed by atoms with Crippen LogP contribution in [0.5, 0.6) is 11.5 Å². The van der Waals surface area contributed by atoms with Gasteiger partial charge in [-0.15, -0.1) is 0 Å². The van der Waals surface area contributed by atoms with Gasteiger partial charge in [-0.1, -0.05) is 24.6 Å². The van der Waals surface area contributed by atoms with Crippen LogP contribution < -0.4 is 15.2 Å². The Balaban J connectivity index is 3.27. The molecule has 0 saturated heterocycles. The van der Waals surface area contributed by atoms with E-state index in [0.29, 0.717) is 22.9 Å². The number of halogens is 1. The summed E-state index contributed by atoms with van der Waals surface area (Å²) < 4.78 is 15.2. The SMILES string of the molecule is CCC(N)C(CC(=O)OC)c1ccc(OC)c(OC)c1Cl. The minimum atomic E-state index is -0.324. The molecule has 6 heteroatoms. The van der Waals surface area contributed by atoms with Gasteiger partial charge in [-0.05, 0) is 18.1 Å². The molecule has 1 aromatic carbocycles. The number of ether oxygens (including phenoxy) is 3. The van der Waals surface area contributed by atoms with Crippen molar-refractivity contribution < 1.29 is 19.0 Å². The van der Waals surface area contributed by atoms with E-state index in [1.165, 1.54) is 21.3 Å². The van der Waals surface area contributed by atoms with Gasteiger partial charge in [0.1, 0.15) is 0 Å². The highest BCUT2D eigenvalue weighted by molar-refractivity contribution is 6.33. The summed E-state index contributed by atoms with van der Waals surface area (Å²) in [6.07, 6.45) is 0.882. The average molecular weight is 316 g/mol. The maximum Gasteiger partial charge on any atom is 0.306 e. The highest BCUT2D eigenvalue weighted by atomic mass is 35.5. The third kappa shape index (κ3) is 4.02. The van der Waals surface area contributed by atoms with E-state index < -0.39 is 0 Å². The molecule has 2 atom stereocenters. The molecule has 0 heterocycles. The molecule has 0 aliphatic heterocycles. The Morgan fingerprint density at radius 2 is 1.95 bits per heavy atom. The van der Waals surface area contributed by atoms with Crippen LogP contribution in [-0.4, -0.2) is 33.3 Å². The monoisotopic (exact) mass is 315 g/mol. The zero-order chi connectivity index (χ0) is 16.0. The zero-order valence-corrected chi connectivity index (χ0v) is 13.6. The van der Waals surface area contributed by atoms with Gasteiger partial charge in [0.2, 0.25) is 0 Å². The number of carbonyl (C=O) groups is 1. The van der Waals surface area contributed by atoms with Crippen molar-refractivity contribution in [2.45, 2.75) is 31.7 Å². The van der Waals surface area contributed by atoms with Gasteiger partial charge in [0.15, 0.2) is 11.5 Å². The van der Waals surface area contributed by atoms with Gasteiger partial charge < -0.3 is 19.9 Å². The van der Waals surface area contributed by atoms with E-state index in [9.17, 15) is 4.79 Å². The molecule has 0 aliphatic carbocycles. The van der Waals surface area contributed by atoms with Crippen molar-refractivity contribution in [1.82, 2.24) is 0 Å². The zero-order valence-electron chi connectivity index (χ0n) is 12.8. The predicted octanol–water partition coefficient (Wildman–Crippen LogP) is 2.74. The standard InChI is InChI=1S/C15H22ClNO4/c1-5-11(17)10(8-13(18)20-3)9-6-7-12(19-2)15(21-4)14(9)16/h6-7,10-11H,5,8,17H2,1-4H3. The molecule has 0 aromatic heterocycles. The lowest BCUT2D eigenvalue weighted by molar-refractivity contribution is -0.141. The Kier molecular flexibility index (Phi) is 6.78. The Labute approximate surface area is 130 Å². The number of hydrogen-bond acceptors (Lipinski definition) is 5. The third-order valence-corrected chi connectivity index (χ3v) is 3.91. The number of hydrogen-bond donors (Lipinski definition) is 1. The summed E-state index contributed by atoms with van der Waals surface area (Å²) in [5, 5.41) is 0.412. The Hall–Kier alpha value is -1.46. The second kappa shape index (κ2) is 8.10. The van der Waals surface area contributed by atoms with Crippen molar-refractivity contribution >= 4 is 17.6 Å². The highest BCUT2D eigenvalue weighted by Gasteiger charge is 2.27. The van der Waals surface area contributed by atoms with Crippen molar-refractivity contribution in [3.63, 3.8) is 0 Å². The average Bonchev–Trinajstić information content (AvgIpc) is 2.51. The molecule has 118 valence electrons. The first kappa shape index (κ1) is 17.6.